The third kappa shape index (κ3) is 6.91. The Morgan fingerprint density at radius 3 is 2.27 bits per heavy atom. The van der Waals surface area contributed by atoms with Gasteiger partial charge in [-0.2, -0.15) is 0 Å². The van der Waals surface area contributed by atoms with Crippen molar-refractivity contribution in [2.24, 2.45) is 0 Å². The smallest absolute Gasteiger partial charge is 0.184 e. The highest BCUT2D eigenvalue weighted by Gasteiger charge is 2.30. The lowest BCUT2D eigenvalue weighted by molar-refractivity contribution is -0.245. The Morgan fingerprint density at radius 2 is 1.58 bits per heavy atom. The summed E-state index contributed by atoms with van der Waals surface area (Å²) in [5.74, 6) is 0.372. The Balaban J connectivity index is 1.21. The number of phenolic OH excluding ortho intramolecular Hbond substituents is 2. The third-order valence-electron chi connectivity index (χ3n) is 6.18. The summed E-state index contributed by atoms with van der Waals surface area (Å²) in [4.78, 5) is 0. The molecule has 7 nitrogen and oxygen atoms in total. The maximum atomic E-state index is 10.6. The molecule has 0 saturated carbocycles. The fraction of sp³-hybridized carbons (Fsp3) is 0.538. The number of aliphatic hydroxyl groups excluding tert-OH is 1. The molecule has 4 rings (SSSR count). The zero-order valence-electron chi connectivity index (χ0n) is 19.0. The highest BCUT2D eigenvalue weighted by Crippen LogP contribution is 2.34. The summed E-state index contributed by atoms with van der Waals surface area (Å²) in [5, 5.41) is 30.0. The van der Waals surface area contributed by atoms with Crippen molar-refractivity contribution in [1.29, 1.82) is 0 Å². The Labute approximate surface area is 194 Å². The minimum Gasteiger partial charge on any atom is -0.508 e. The van der Waals surface area contributed by atoms with Gasteiger partial charge in [0.25, 0.3) is 0 Å². The van der Waals surface area contributed by atoms with E-state index in [2.05, 4.69) is 0 Å². The lowest BCUT2D eigenvalue weighted by Gasteiger charge is -2.35. The second kappa shape index (κ2) is 11.3. The molecule has 2 aliphatic heterocycles. The molecular formula is C26H34O7. The minimum absolute atomic E-state index is 0.0442. The van der Waals surface area contributed by atoms with Gasteiger partial charge >= 0.3 is 0 Å². The van der Waals surface area contributed by atoms with Gasteiger partial charge in [0.2, 0.25) is 0 Å². The van der Waals surface area contributed by atoms with E-state index in [1.807, 2.05) is 19.1 Å². The molecule has 33 heavy (non-hydrogen) atoms. The van der Waals surface area contributed by atoms with E-state index < -0.39 is 18.7 Å². The molecule has 0 aromatic heterocycles. The molecule has 6 unspecified atom stereocenters. The Hall–Kier alpha value is -2.16. The second-order valence-electron chi connectivity index (χ2n) is 9.03. The van der Waals surface area contributed by atoms with Crippen LogP contribution in [-0.2, 0) is 18.9 Å². The van der Waals surface area contributed by atoms with E-state index >= 15 is 0 Å². The van der Waals surface area contributed by atoms with Gasteiger partial charge in [-0.05, 0) is 69.7 Å². The van der Waals surface area contributed by atoms with Crippen LogP contribution in [0.25, 0.3) is 0 Å². The molecular weight excluding hydrogens is 424 g/mol. The van der Waals surface area contributed by atoms with Crippen molar-refractivity contribution < 1.29 is 34.3 Å². The Morgan fingerprint density at radius 1 is 0.909 bits per heavy atom. The molecule has 6 atom stereocenters. The van der Waals surface area contributed by atoms with Crippen LogP contribution in [0.15, 0.2) is 48.5 Å². The second-order valence-corrected chi connectivity index (χ2v) is 9.03. The van der Waals surface area contributed by atoms with Crippen molar-refractivity contribution in [3.8, 4) is 11.5 Å². The third-order valence-corrected chi connectivity index (χ3v) is 6.18. The SMILES string of the molecule is CC1CC(CCCC(O)CC2CCOC(c3cccc(O)c3)O2)OC(c2cccc(O)c2)O1. The summed E-state index contributed by atoms with van der Waals surface area (Å²) >= 11 is 0. The van der Waals surface area contributed by atoms with Gasteiger partial charge in [0.05, 0.1) is 31.0 Å². The van der Waals surface area contributed by atoms with E-state index in [0.717, 1.165) is 36.8 Å². The number of aromatic hydroxyl groups is 2. The van der Waals surface area contributed by atoms with Crippen molar-refractivity contribution in [3.63, 3.8) is 0 Å². The molecule has 7 heteroatoms. The Kier molecular flexibility index (Phi) is 8.22. The van der Waals surface area contributed by atoms with Gasteiger partial charge in [-0.3, -0.25) is 0 Å². The van der Waals surface area contributed by atoms with Crippen molar-refractivity contribution in [2.45, 2.75) is 82.4 Å². The molecule has 2 aliphatic rings. The molecule has 0 bridgehead atoms. The first-order valence-corrected chi connectivity index (χ1v) is 11.8. The molecule has 0 spiro atoms. The van der Waals surface area contributed by atoms with Crippen LogP contribution < -0.4 is 0 Å². The number of hydrogen-bond acceptors (Lipinski definition) is 7. The summed E-state index contributed by atoms with van der Waals surface area (Å²) in [5.41, 5.74) is 1.59. The molecule has 3 N–H and O–H groups in total. The lowest BCUT2D eigenvalue weighted by Crippen LogP contribution is -2.32. The summed E-state index contributed by atoms with van der Waals surface area (Å²) in [6, 6.07) is 13.9. The predicted molar refractivity (Wildman–Crippen MR) is 122 cm³/mol. The van der Waals surface area contributed by atoms with E-state index in [-0.39, 0.29) is 29.8 Å². The van der Waals surface area contributed by atoms with Gasteiger partial charge in [0.1, 0.15) is 11.5 Å². The Bertz CT molecular complexity index is 888. The van der Waals surface area contributed by atoms with Gasteiger partial charge in [-0.25, -0.2) is 0 Å². The largest absolute Gasteiger partial charge is 0.508 e. The zero-order valence-corrected chi connectivity index (χ0v) is 19.0. The number of rotatable bonds is 8. The van der Waals surface area contributed by atoms with E-state index in [9.17, 15) is 15.3 Å². The quantitative estimate of drug-likeness (QED) is 0.527. The monoisotopic (exact) mass is 458 g/mol. The normalized spacial score (nSPS) is 29.0. The van der Waals surface area contributed by atoms with E-state index in [4.69, 9.17) is 18.9 Å². The van der Waals surface area contributed by atoms with Crippen LogP contribution in [0.1, 0.15) is 69.2 Å². The first-order valence-electron chi connectivity index (χ1n) is 11.8. The first kappa shape index (κ1) is 24.0. The number of aliphatic hydroxyl groups is 1. The molecule has 2 aromatic carbocycles. The van der Waals surface area contributed by atoms with Gasteiger partial charge in [-0.1, -0.05) is 24.3 Å². The summed E-state index contributed by atoms with van der Waals surface area (Å²) in [7, 11) is 0. The van der Waals surface area contributed by atoms with Crippen molar-refractivity contribution in [2.75, 3.05) is 6.61 Å². The average molecular weight is 459 g/mol. The van der Waals surface area contributed by atoms with Crippen molar-refractivity contribution >= 4 is 0 Å². The number of phenols is 2. The zero-order chi connectivity index (χ0) is 23.2. The van der Waals surface area contributed by atoms with E-state index in [0.29, 0.717) is 19.4 Å². The lowest BCUT2D eigenvalue weighted by atomic mass is 9.99. The predicted octanol–water partition coefficient (Wildman–Crippen LogP) is 4.72. The van der Waals surface area contributed by atoms with Crippen LogP contribution in [-0.4, -0.2) is 46.3 Å². The fourth-order valence-electron chi connectivity index (χ4n) is 4.52. The van der Waals surface area contributed by atoms with Gasteiger partial charge in [0, 0.05) is 11.1 Å². The summed E-state index contributed by atoms with van der Waals surface area (Å²) < 4.78 is 23.8. The van der Waals surface area contributed by atoms with Crippen molar-refractivity contribution in [3.05, 3.63) is 59.7 Å². The molecule has 2 heterocycles. The van der Waals surface area contributed by atoms with Gasteiger partial charge in [0.15, 0.2) is 12.6 Å². The molecule has 180 valence electrons. The van der Waals surface area contributed by atoms with Crippen LogP contribution in [0.2, 0.25) is 0 Å². The van der Waals surface area contributed by atoms with E-state index in [1.54, 1.807) is 36.4 Å². The highest BCUT2D eigenvalue weighted by atomic mass is 16.7. The molecule has 2 saturated heterocycles. The van der Waals surface area contributed by atoms with Crippen LogP contribution in [0.3, 0.4) is 0 Å². The van der Waals surface area contributed by atoms with E-state index in [1.165, 1.54) is 0 Å². The topological polar surface area (TPSA) is 97.6 Å². The number of hydrogen-bond donors (Lipinski definition) is 3. The van der Waals surface area contributed by atoms with Gasteiger partial charge < -0.3 is 34.3 Å². The molecule has 2 aromatic rings. The number of ether oxygens (including phenoxy) is 4. The summed E-state index contributed by atoms with van der Waals surface area (Å²) in [6.07, 6.45) is 2.99. The molecule has 0 aliphatic carbocycles. The first-order chi connectivity index (χ1) is 16.0. The maximum absolute atomic E-state index is 10.6. The fourth-order valence-corrected chi connectivity index (χ4v) is 4.52. The number of benzene rings is 2. The van der Waals surface area contributed by atoms with Gasteiger partial charge in [-0.15, -0.1) is 0 Å². The standard InChI is InChI=1S/C26H34O7/c1-17-13-23(33-26(31-17)19-6-3-8-21(28)15-19)10-4-9-22(29)16-24-11-12-30-25(32-24)18-5-2-7-20(27)14-18/h2-3,5-8,14-15,17,22-29H,4,9-13,16H2,1H3. The van der Waals surface area contributed by atoms with Crippen LogP contribution in [0.5, 0.6) is 11.5 Å². The maximum Gasteiger partial charge on any atom is 0.184 e. The van der Waals surface area contributed by atoms with Crippen LogP contribution in [0, 0.1) is 0 Å². The van der Waals surface area contributed by atoms with Crippen LogP contribution >= 0.6 is 0 Å². The summed E-state index contributed by atoms with van der Waals surface area (Å²) in [6.45, 7) is 2.59. The highest BCUT2D eigenvalue weighted by molar-refractivity contribution is 5.28. The minimum atomic E-state index is -0.519. The average Bonchev–Trinajstić information content (AvgIpc) is 2.79. The molecule has 0 amide bonds. The van der Waals surface area contributed by atoms with Crippen LogP contribution in [0.4, 0.5) is 0 Å². The molecule has 0 radical (unpaired) electrons. The molecule has 2 fully saturated rings. The van der Waals surface area contributed by atoms with Crippen molar-refractivity contribution in [1.82, 2.24) is 0 Å².